The van der Waals surface area contributed by atoms with E-state index in [1.165, 1.54) is 17.5 Å². The fourth-order valence-electron chi connectivity index (χ4n) is 2.82. The van der Waals surface area contributed by atoms with Gasteiger partial charge in [0.1, 0.15) is 12.4 Å². The van der Waals surface area contributed by atoms with Crippen LogP contribution in [0.15, 0.2) is 54.6 Å². The van der Waals surface area contributed by atoms with Crippen molar-refractivity contribution in [3.05, 3.63) is 65.7 Å². The van der Waals surface area contributed by atoms with Crippen molar-refractivity contribution in [3.63, 3.8) is 0 Å². The molecule has 2 aromatic carbocycles. The predicted molar refractivity (Wildman–Crippen MR) is 92.8 cm³/mol. The molecule has 3 nitrogen and oxygen atoms in total. The van der Waals surface area contributed by atoms with Crippen molar-refractivity contribution in [1.82, 2.24) is 4.90 Å². The summed E-state index contributed by atoms with van der Waals surface area (Å²) < 4.78 is 11.2. The third-order valence-electron chi connectivity index (χ3n) is 4.22. The Labute approximate surface area is 138 Å². The molecule has 3 rings (SSSR count). The normalized spacial score (nSPS) is 15.5. The van der Waals surface area contributed by atoms with Crippen LogP contribution in [0.5, 0.6) is 5.75 Å². The van der Waals surface area contributed by atoms with Gasteiger partial charge in [0.25, 0.3) is 0 Å². The first-order valence-corrected chi connectivity index (χ1v) is 8.46. The van der Waals surface area contributed by atoms with Crippen molar-refractivity contribution >= 4 is 0 Å². The van der Waals surface area contributed by atoms with Crippen LogP contribution in [0, 0.1) is 0 Å². The van der Waals surface area contributed by atoms with Crippen LogP contribution in [0.2, 0.25) is 0 Å². The molecule has 1 fully saturated rings. The summed E-state index contributed by atoms with van der Waals surface area (Å²) in [5.74, 6) is 0.936. The monoisotopic (exact) mass is 311 g/mol. The van der Waals surface area contributed by atoms with Gasteiger partial charge in [-0.1, -0.05) is 42.5 Å². The van der Waals surface area contributed by atoms with E-state index < -0.39 is 0 Å². The summed E-state index contributed by atoms with van der Waals surface area (Å²) >= 11 is 0. The largest absolute Gasteiger partial charge is 0.489 e. The van der Waals surface area contributed by atoms with Gasteiger partial charge in [-0.15, -0.1) is 0 Å². The molecule has 1 saturated heterocycles. The third kappa shape index (κ3) is 5.38. The van der Waals surface area contributed by atoms with Gasteiger partial charge >= 0.3 is 0 Å². The van der Waals surface area contributed by atoms with Gasteiger partial charge in [-0.05, 0) is 42.6 Å². The van der Waals surface area contributed by atoms with Crippen LogP contribution in [0.4, 0.5) is 0 Å². The number of aryl methyl sites for hydroxylation is 1. The number of benzene rings is 2. The maximum Gasteiger partial charge on any atom is 0.119 e. The molecule has 3 heteroatoms. The van der Waals surface area contributed by atoms with E-state index >= 15 is 0 Å². The number of nitrogens with zero attached hydrogens (tertiary/aromatic N) is 1. The SMILES string of the molecule is c1ccc(COc2ccc(CCCN3CCOCC3)cc2)cc1. The fraction of sp³-hybridized carbons (Fsp3) is 0.400. The van der Waals surface area contributed by atoms with Gasteiger partial charge in [-0.25, -0.2) is 0 Å². The number of hydrogen-bond acceptors (Lipinski definition) is 3. The smallest absolute Gasteiger partial charge is 0.119 e. The van der Waals surface area contributed by atoms with Crippen molar-refractivity contribution in [2.24, 2.45) is 0 Å². The molecule has 0 atom stereocenters. The van der Waals surface area contributed by atoms with Crippen molar-refractivity contribution in [2.75, 3.05) is 32.8 Å². The maximum absolute atomic E-state index is 5.82. The third-order valence-corrected chi connectivity index (χ3v) is 4.22. The zero-order valence-electron chi connectivity index (χ0n) is 13.6. The lowest BCUT2D eigenvalue weighted by atomic mass is 10.1. The van der Waals surface area contributed by atoms with E-state index in [4.69, 9.17) is 9.47 Å². The topological polar surface area (TPSA) is 21.7 Å². The van der Waals surface area contributed by atoms with Crippen molar-refractivity contribution in [2.45, 2.75) is 19.4 Å². The average molecular weight is 311 g/mol. The fourth-order valence-corrected chi connectivity index (χ4v) is 2.82. The zero-order chi connectivity index (χ0) is 15.7. The second-order valence-corrected chi connectivity index (χ2v) is 5.98. The van der Waals surface area contributed by atoms with E-state index in [0.717, 1.165) is 45.0 Å². The molecule has 0 N–H and O–H groups in total. The molecular formula is C20H25NO2. The van der Waals surface area contributed by atoms with Crippen LogP contribution in [0.1, 0.15) is 17.5 Å². The molecule has 23 heavy (non-hydrogen) atoms. The predicted octanol–water partition coefficient (Wildman–Crippen LogP) is 3.53. The minimum Gasteiger partial charge on any atom is -0.489 e. The molecular weight excluding hydrogens is 286 g/mol. The summed E-state index contributed by atoms with van der Waals surface area (Å²) in [7, 11) is 0. The molecule has 0 amide bonds. The first-order valence-electron chi connectivity index (χ1n) is 8.46. The summed E-state index contributed by atoms with van der Waals surface area (Å²) in [6, 6.07) is 18.8. The molecule has 1 heterocycles. The van der Waals surface area contributed by atoms with Crippen LogP contribution in [-0.4, -0.2) is 37.7 Å². The molecule has 0 unspecified atom stereocenters. The standard InChI is InChI=1S/C20H25NO2/c1-2-5-19(6-3-1)17-23-20-10-8-18(9-11-20)7-4-12-21-13-15-22-16-14-21/h1-3,5-6,8-11H,4,7,12-17H2. The molecule has 0 aliphatic carbocycles. The Morgan fingerprint density at radius 3 is 2.35 bits per heavy atom. The molecule has 0 radical (unpaired) electrons. The van der Waals surface area contributed by atoms with Crippen molar-refractivity contribution in [3.8, 4) is 5.75 Å². The molecule has 1 aliphatic heterocycles. The second kappa shape index (κ2) is 8.70. The Hall–Kier alpha value is -1.84. The Bertz CT molecular complexity index is 562. The lowest BCUT2D eigenvalue weighted by Gasteiger charge is -2.26. The van der Waals surface area contributed by atoms with E-state index in [1.807, 2.05) is 18.2 Å². The highest BCUT2D eigenvalue weighted by atomic mass is 16.5. The molecule has 0 aromatic heterocycles. The van der Waals surface area contributed by atoms with Crippen LogP contribution in [0.3, 0.4) is 0 Å². The van der Waals surface area contributed by atoms with E-state index in [2.05, 4.69) is 41.3 Å². The number of hydrogen-bond donors (Lipinski definition) is 0. The Morgan fingerprint density at radius 2 is 1.61 bits per heavy atom. The average Bonchev–Trinajstić information content (AvgIpc) is 2.63. The van der Waals surface area contributed by atoms with Crippen molar-refractivity contribution < 1.29 is 9.47 Å². The molecule has 0 saturated carbocycles. The first kappa shape index (κ1) is 16.0. The van der Waals surface area contributed by atoms with Gasteiger partial charge in [-0.2, -0.15) is 0 Å². The quantitative estimate of drug-likeness (QED) is 0.781. The van der Waals surface area contributed by atoms with E-state index in [9.17, 15) is 0 Å². The van der Waals surface area contributed by atoms with Gasteiger partial charge in [0, 0.05) is 13.1 Å². The van der Waals surface area contributed by atoms with Crippen LogP contribution >= 0.6 is 0 Å². The number of ether oxygens (including phenoxy) is 2. The van der Waals surface area contributed by atoms with Gasteiger partial charge in [0.15, 0.2) is 0 Å². The second-order valence-electron chi connectivity index (χ2n) is 5.98. The summed E-state index contributed by atoms with van der Waals surface area (Å²) in [6.07, 6.45) is 2.32. The first-order chi connectivity index (χ1) is 11.4. The molecule has 2 aromatic rings. The highest BCUT2D eigenvalue weighted by Crippen LogP contribution is 2.15. The molecule has 1 aliphatic rings. The van der Waals surface area contributed by atoms with Crippen molar-refractivity contribution in [1.29, 1.82) is 0 Å². The van der Waals surface area contributed by atoms with Crippen LogP contribution in [0.25, 0.3) is 0 Å². The lowest BCUT2D eigenvalue weighted by molar-refractivity contribution is 0.0374. The molecule has 122 valence electrons. The molecule has 0 spiro atoms. The Kier molecular flexibility index (Phi) is 6.07. The van der Waals surface area contributed by atoms with Gasteiger partial charge in [0.05, 0.1) is 13.2 Å². The summed E-state index contributed by atoms with van der Waals surface area (Å²) in [6.45, 7) is 5.70. The summed E-state index contributed by atoms with van der Waals surface area (Å²) in [5, 5.41) is 0. The number of morpholine rings is 1. The Balaban J connectivity index is 1.40. The lowest BCUT2D eigenvalue weighted by Crippen LogP contribution is -2.36. The molecule has 0 bridgehead atoms. The minimum absolute atomic E-state index is 0.622. The summed E-state index contributed by atoms with van der Waals surface area (Å²) in [5.41, 5.74) is 2.58. The van der Waals surface area contributed by atoms with Crippen LogP contribution in [-0.2, 0) is 17.8 Å². The van der Waals surface area contributed by atoms with Gasteiger partial charge < -0.3 is 9.47 Å². The highest BCUT2D eigenvalue weighted by Gasteiger charge is 2.09. The minimum atomic E-state index is 0.622. The summed E-state index contributed by atoms with van der Waals surface area (Å²) in [4.78, 5) is 2.49. The van der Waals surface area contributed by atoms with Gasteiger partial charge in [0.2, 0.25) is 0 Å². The Morgan fingerprint density at radius 1 is 0.870 bits per heavy atom. The van der Waals surface area contributed by atoms with E-state index in [0.29, 0.717) is 6.61 Å². The van der Waals surface area contributed by atoms with Gasteiger partial charge in [-0.3, -0.25) is 4.90 Å². The highest BCUT2D eigenvalue weighted by molar-refractivity contribution is 5.27. The number of rotatable bonds is 7. The van der Waals surface area contributed by atoms with E-state index in [-0.39, 0.29) is 0 Å². The van der Waals surface area contributed by atoms with E-state index in [1.54, 1.807) is 0 Å². The van der Waals surface area contributed by atoms with Crippen LogP contribution < -0.4 is 4.74 Å². The zero-order valence-corrected chi connectivity index (χ0v) is 13.6. The maximum atomic E-state index is 5.82.